The number of aryl methyl sites for hydroxylation is 1. The average molecular weight is 409 g/mol. The lowest BCUT2D eigenvalue weighted by Crippen LogP contribution is -2.48. The fraction of sp³-hybridized carbons (Fsp3) is 0.391. The van der Waals surface area contributed by atoms with E-state index in [1.807, 2.05) is 25.1 Å². The highest BCUT2D eigenvalue weighted by molar-refractivity contribution is 5.93. The van der Waals surface area contributed by atoms with Crippen LogP contribution in [0, 0.1) is 12.9 Å². The zero-order chi connectivity index (χ0) is 20.9. The molecule has 6 nitrogen and oxygen atoms in total. The lowest BCUT2D eigenvalue weighted by Gasteiger charge is -2.45. The molecule has 5 rings (SSSR count). The van der Waals surface area contributed by atoms with Crippen molar-refractivity contribution in [2.45, 2.75) is 31.8 Å². The van der Waals surface area contributed by atoms with E-state index in [2.05, 4.69) is 11.1 Å². The molecule has 0 N–H and O–H groups in total. The molecule has 2 aromatic heterocycles. The van der Waals surface area contributed by atoms with Crippen LogP contribution >= 0.6 is 0 Å². The topological polar surface area (TPSA) is 56.1 Å². The number of imidazole rings is 1. The van der Waals surface area contributed by atoms with Crippen molar-refractivity contribution in [2.24, 2.45) is 0 Å². The van der Waals surface area contributed by atoms with Gasteiger partial charge in [-0.25, -0.2) is 4.98 Å². The minimum atomic E-state index is -0.611. The number of fused-ring (bicyclic) bond motifs is 3. The molecule has 1 spiro atoms. The monoisotopic (exact) mass is 409 g/mol. The Balaban J connectivity index is 1.41. The number of nitrogens with zero attached hydrogens (tertiary/aromatic N) is 3. The van der Waals surface area contributed by atoms with Crippen molar-refractivity contribution >= 4 is 11.6 Å². The quantitative estimate of drug-likeness (QED) is 0.650. The van der Waals surface area contributed by atoms with E-state index in [-0.39, 0.29) is 11.6 Å². The van der Waals surface area contributed by atoms with Crippen molar-refractivity contribution < 1.29 is 18.7 Å². The molecule has 0 aliphatic carbocycles. The SMILES string of the molecule is COc1cccc2c1C1(CCN(C(=O)c3nc4ccc(C)cn4c3F)CC1)OCC2. The van der Waals surface area contributed by atoms with Crippen LogP contribution in [-0.4, -0.2) is 47.0 Å². The Bertz CT molecular complexity index is 1120. The largest absolute Gasteiger partial charge is 0.496 e. The average Bonchev–Trinajstić information content (AvgIpc) is 3.09. The molecule has 1 saturated heterocycles. The highest BCUT2D eigenvalue weighted by atomic mass is 19.1. The number of carbonyl (C=O) groups is 1. The van der Waals surface area contributed by atoms with Gasteiger partial charge in [-0.1, -0.05) is 18.2 Å². The van der Waals surface area contributed by atoms with Crippen LogP contribution in [-0.2, 0) is 16.8 Å². The van der Waals surface area contributed by atoms with Crippen LogP contribution in [0.15, 0.2) is 36.5 Å². The molecule has 4 heterocycles. The Kier molecular flexibility index (Phi) is 4.50. The van der Waals surface area contributed by atoms with Gasteiger partial charge in [0.2, 0.25) is 5.95 Å². The summed E-state index contributed by atoms with van der Waals surface area (Å²) in [6.07, 6.45) is 3.78. The number of rotatable bonds is 2. The first-order valence-electron chi connectivity index (χ1n) is 10.3. The smallest absolute Gasteiger partial charge is 0.277 e. The van der Waals surface area contributed by atoms with Gasteiger partial charge in [-0.2, -0.15) is 4.39 Å². The Morgan fingerprint density at radius 1 is 1.23 bits per heavy atom. The molecule has 1 aromatic carbocycles. The highest BCUT2D eigenvalue weighted by Gasteiger charge is 2.44. The summed E-state index contributed by atoms with van der Waals surface area (Å²) in [7, 11) is 1.67. The Labute approximate surface area is 174 Å². The van der Waals surface area contributed by atoms with Crippen molar-refractivity contribution in [3.05, 3.63) is 64.9 Å². The molecular formula is C23H24FN3O3. The summed E-state index contributed by atoms with van der Waals surface area (Å²) in [5.41, 5.74) is 3.08. The Hall–Kier alpha value is -2.93. The fourth-order valence-corrected chi connectivity index (χ4v) is 4.77. The number of benzene rings is 1. The summed E-state index contributed by atoms with van der Waals surface area (Å²) >= 11 is 0. The van der Waals surface area contributed by atoms with E-state index >= 15 is 0 Å². The van der Waals surface area contributed by atoms with Crippen molar-refractivity contribution in [2.75, 3.05) is 26.8 Å². The molecule has 156 valence electrons. The standard InChI is InChI=1S/C23H24FN3O3/c1-15-6-7-18-25-20(21(24)27(18)14-15)22(28)26-11-9-23(10-12-26)19-16(8-13-30-23)4-3-5-17(19)29-2/h3-7,14H,8-13H2,1-2H3. The molecule has 0 unspecified atom stereocenters. The summed E-state index contributed by atoms with van der Waals surface area (Å²) in [6, 6.07) is 9.66. The first-order chi connectivity index (χ1) is 14.5. The number of pyridine rings is 1. The third-order valence-electron chi connectivity index (χ3n) is 6.31. The van der Waals surface area contributed by atoms with Gasteiger partial charge in [-0.15, -0.1) is 0 Å². The molecule has 0 radical (unpaired) electrons. The van der Waals surface area contributed by atoms with Crippen molar-refractivity contribution in [3.8, 4) is 5.75 Å². The van der Waals surface area contributed by atoms with Crippen LogP contribution in [0.25, 0.3) is 5.65 Å². The molecule has 0 saturated carbocycles. The van der Waals surface area contributed by atoms with Crippen LogP contribution in [0.1, 0.15) is 40.0 Å². The fourth-order valence-electron chi connectivity index (χ4n) is 4.77. The number of aromatic nitrogens is 2. The Morgan fingerprint density at radius 2 is 2.03 bits per heavy atom. The molecule has 1 fully saturated rings. The second-order valence-electron chi connectivity index (χ2n) is 8.07. The number of piperidine rings is 1. The maximum absolute atomic E-state index is 14.9. The van der Waals surface area contributed by atoms with Gasteiger partial charge in [0.15, 0.2) is 5.69 Å². The molecule has 30 heavy (non-hydrogen) atoms. The second kappa shape index (κ2) is 7.09. The zero-order valence-electron chi connectivity index (χ0n) is 17.2. The lowest BCUT2D eigenvalue weighted by atomic mass is 9.78. The number of carbonyl (C=O) groups excluding carboxylic acids is 1. The number of ether oxygens (including phenoxy) is 2. The molecular weight excluding hydrogens is 385 g/mol. The van der Waals surface area contributed by atoms with E-state index < -0.39 is 11.5 Å². The summed E-state index contributed by atoms with van der Waals surface area (Å²) < 4.78 is 28.1. The van der Waals surface area contributed by atoms with Gasteiger partial charge in [0.05, 0.1) is 13.7 Å². The van der Waals surface area contributed by atoms with Crippen molar-refractivity contribution in [3.63, 3.8) is 0 Å². The van der Waals surface area contributed by atoms with Crippen LogP contribution < -0.4 is 4.74 Å². The van der Waals surface area contributed by atoms with E-state index in [0.717, 1.165) is 23.3 Å². The van der Waals surface area contributed by atoms with Gasteiger partial charge in [-0.3, -0.25) is 9.20 Å². The lowest BCUT2D eigenvalue weighted by molar-refractivity contribution is -0.0947. The third-order valence-corrected chi connectivity index (χ3v) is 6.31. The van der Waals surface area contributed by atoms with Crippen molar-refractivity contribution in [1.29, 1.82) is 0 Å². The summed E-state index contributed by atoms with van der Waals surface area (Å²) in [5.74, 6) is -0.159. The van der Waals surface area contributed by atoms with Gasteiger partial charge in [-0.05, 0) is 49.4 Å². The van der Waals surface area contributed by atoms with Crippen LogP contribution in [0.4, 0.5) is 4.39 Å². The molecule has 2 aliphatic rings. The predicted octanol–water partition coefficient (Wildman–Crippen LogP) is 3.49. The van der Waals surface area contributed by atoms with E-state index in [9.17, 15) is 9.18 Å². The molecule has 7 heteroatoms. The number of methoxy groups -OCH3 is 1. The number of hydrogen-bond acceptors (Lipinski definition) is 4. The predicted molar refractivity (Wildman–Crippen MR) is 109 cm³/mol. The molecule has 1 amide bonds. The molecule has 3 aromatic rings. The zero-order valence-corrected chi connectivity index (χ0v) is 17.2. The summed E-state index contributed by atoms with van der Waals surface area (Å²) in [6.45, 7) is 3.47. The number of likely N-dealkylation sites (tertiary alicyclic amines) is 1. The first kappa shape index (κ1) is 19.1. The van der Waals surface area contributed by atoms with E-state index in [1.54, 1.807) is 24.3 Å². The normalized spacial score (nSPS) is 17.9. The molecule has 0 atom stereocenters. The highest BCUT2D eigenvalue weighted by Crippen LogP contribution is 2.45. The maximum atomic E-state index is 14.9. The maximum Gasteiger partial charge on any atom is 0.277 e. The van der Waals surface area contributed by atoms with Crippen LogP contribution in [0.2, 0.25) is 0 Å². The second-order valence-corrected chi connectivity index (χ2v) is 8.07. The first-order valence-corrected chi connectivity index (χ1v) is 10.3. The van der Waals surface area contributed by atoms with Crippen molar-refractivity contribution in [1.82, 2.24) is 14.3 Å². The van der Waals surface area contributed by atoms with Gasteiger partial charge in [0.1, 0.15) is 17.0 Å². The van der Waals surface area contributed by atoms with Gasteiger partial charge < -0.3 is 14.4 Å². The minimum absolute atomic E-state index is 0.126. The van der Waals surface area contributed by atoms with Crippen LogP contribution in [0.3, 0.4) is 0 Å². The Morgan fingerprint density at radius 3 is 2.80 bits per heavy atom. The number of amides is 1. The molecule has 0 bridgehead atoms. The number of hydrogen-bond donors (Lipinski definition) is 0. The minimum Gasteiger partial charge on any atom is -0.496 e. The number of halogens is 1. The van der Waals surface area contributed by atoms with E-state index in [0.29, 0.717) is 38.2 Å². The summed E-state index contributed by atoms with van der Waals surface area (Å²) in [5, 5.41) is 0. The van der Waals surface area contributed by atoms with E-state index in [1.165, 1.54) is 9.96 Å². The summed E-state index contributed by atoms with van der Waals surface area (Å²) in [4.78, 5) is 19.0. The van der Waals surface area contributed by atoms with Gasteiger partial charge in [0.25, 0.3) is 5.91 Å². The molecule has 2 aliphatic heterocycles. The van der Waals surface area contributed by atoms with E-state index in [4.69, 9.17) is 9.47 Å². The van der Waals surface area contributed by atoms with Crippen LogP contribution in [0.5, 0.6) is 5.75 Å². The third kappa shape index (κ3) is 2.88. The van der Waals surface area contributed by atoms with Gasteiger partial charge >= 0.3 is 0 Å². The van der Waals surface area contributed by atoms with Gasteiger partial charge in [0, 0.05) is 24.8 Å².